The average Bonchev–Trinajstić information content (AvgIpc) is 3.40. The van der Waals surface area contributed by atoms with Crippen molar-refractivity contribution in [1.82, 2.24) is 4.90 Å². The molecule has 1 saturated heterocycles. The van der Waals surface area contributed by atoms with Gasteiger partial charge in [-0.05, 0) is 24.6 Å². The fourth-order valence-electron chi connectivity index (χ4n) is 3.41. The van der Waals surface area contributed by atoms with Gasteiger partial charge in [0.15, 0.2) is 0 Å². The third-order valence-electron chi connectivity index (χ3n) is 4.80. The van der Waals surface area contributed by atoms with Crippen LogP contribution in [-0.4, -0.2) is 61.9 Å². The molecule has 1 amide bonds. The van der Waals surface area contributed by atoms with Crippen LogP contribution in [0.25, 0.3) is 0 Å². The predicted molar refractivity (Wildman–Crippen MR) is 89.0 cm³/mol. The minimum Gasteiger partial charge on any atom is -0.497 e. The lowest BCUT2D eigenvalue weighted by Crippen LogP contribution is -2.47. The lowest BCUT2D eigenvalue weighted by Gasteiger charge is -2.32. The van der Waals surface area contributed by atoms with E-state index in [1.54, 1.807) is 19.1 Å². The number of amides is 1. The highest BCUT2D eigenvalue weighted by Crippen LogP contribution is 2.52. The van der Waals surface area contributed by atoms with Gasteiger partial charge in [0, 0.05) is 30.5 Å². The first kappa shape index (κ1) is 17.5. The Hall–Kier alpha value is -2.28. The number of benzene rings is 1. The minimum atomic E-state index is -0.912. The SMILES string of the molecule is COc1ccc(OC)c(C2CC2C(=O)N2CCOC(CC(=O)O)C2)c1. The smallest absolute Gasteiger partial charge is 0.306 e. The van der Waals surface area contributed by atoms with Crippen LogP contribution < -0.4 is 9.47 Å². The fraction of sp³-hybridized carbons (Fsp3) is 0.556. The lowest BCUT2D eigenvalue weighted by atomic mass is 10.1. The number of hydrogen-bond donors (Lipinski definition) is 1. The summed E-state index contributed by atoms with van der Waals surface area (Å²) >= 11 is 0. The molecule has 1 heterocycles. The molecule has 7 nitrogen and oxygen atoms in total. The van der Waals surface area contributed by atoms with E-state index in [9.17, 15) is 9.59 Å². The van der Waals surface area contributed by atoms with E-state index in [2.05, 4.69) is 0 Å². The van der Waals surface area contributed by atoms with E-state index in [0.717, 1.165) is 23.5 Å². The summed E-state index contributed by atoms with van der Waals surface area (Å²) in [5.74, 6) is 0.662. The second kappa shape index (κ2) is 7.31. The number of carbonyl (C=O) groups excluding carboxylic acids is 1. The molecule has 1 saturated carbocycles. The zero-order chi connectivity index (χ0) is 18.0. The number of carboxylic acids is 1. The number of rotatable bonds is 6. The summed E-state index contributed by atoms with van der Waals surface area (Å²) in [5.41, 5.74) is 0.982. The first-order chi connectivity index (χ1) is 12.0. The van der Waals surface area contributed by atoms with Gasteiger partial charge < -0.3 is 24.2 Å². The Morgan fingerprint density at radius 1 is 1.32 bits per heavy atom. The number of morpholine rings is 1. The Balaban J connectivity index is 1.67. The van der Waals surface area contributed by atoms with Crippen molar-refractivity contribution >= 4 is 11.9 Å². The molecule has 25 heavy (non-hydrogen) atoms. The molecule has 3 atom stereocenters. The van der Waals surface area contributed by atoms with Gasteiger partial charge in [0.05, 0.1) is 33.4 Å². The standard InChI is InChI=1S/C18H23NO6/c1-23-11-3-4-16(24-2)14(7-11)13-9-15(13)18(22)19-5-6-25-12(10-19)8-17(20)21/h3-4,7,12-13,15H,5-6,8-10H2,1-2H3,(H,20,21). The van der Waals surface area contributed by atoms with Crippen LogP contribution in [0.2, 0.25) is 0 Å². The van der Waals surface area contributed by atoms with Crippen LogP contribution in [0.4, 0.5) is 0 Å². The number of aliphatic carboxylic acids is 1. The van der Waals surface area contributed by atoms with Crippen LogP contribution in [0.3, 0.4) is 0 Å². The van der Waals surface area contributed by atoms with E-state index in [-0.39, 0.29) is 24.2 Å². The number of nitrogens with zero attached hydrogens (tertiary/aromatic N) is 1. The van der Waals surface area contributed by atoms with Crippen LogP contribution >= 0.6 is 0 Å². The van der Waals surface area contributed by atoms with Gasteiger partial charge in [0.25, 0.3) is 0 Å². The third-order valence-corrected chi connectivity index (χ3v) is 4.80. The van der Waals surface area contributed by atoms with Gasteiger partial charge >= 0.3 is 5.97 Å². The third kappa shape index (κ3) is 3.87. The van der Waals surface area contributed by atoms with Crippen LogP contribution in [0, 0.1) is 5.92 Å². The van der Waals surface area contributed by atoms with E-state index >= 15 is 0 Å². The Morgan fingerprint density at radius 2 is 2.12 bits per heavy atom. The van der Waals surface area contributed by atoms with Crippen LogP contribution in [-0.2, 0) is 14.3 Å². The van der Waals surface area contributed by atoms with Crippen molar-refractivity contribution in [3.63, 3.8) is 0 Å². The number of carbonyl (C=O) groups is 2. The molecule has 136 valence electrons. The molecule has 0 spiro atoms. The second-order valence-electron chi connectivity index (χ2n) is 6.43. The van der Waals surface area contributed by atoms with Gasteiger partial charge in [0.2, 0.25) is 5.91 Å². The maximum Gasteiger partial charge on any atom is 0.306 e. The van der Waals surface area contributed by atoms with Crippen molar-refractivity contribution in [2.24, 2.45) is 5.92 Å². The number of carboxylic acid groups (broad SMARTS) is 1. The van der Waals surface area contributed by atoms with E-state index in [1.807, 2.05) is 18.2 Å². The van der Waals surface area contributed by atoms with Crippen LogP contribution in [0.5, 0.6) is 11.5 Å². The molecule has 3 unspecified atom stereocenters. The highest BCUT2D eigenvalue weighted by Gasteiger charge is 2.47. The summed E-state index contributed by atoms with van der Waals surface area (Å²) in [4.78, 5) is 25.4. The highest BCUT2D eigenvalue weighted by atomic mass is 16.5. The molecule has 1 aromatic carbocycles. The van der Waals surface area contributed by atoms with Crippen molar-refractivity contribution in [2.75, 3.05) is 33.9 Å². The molecule has 1 N–H and O–H groups in total. The Morgan fingerprint density at radius 3 is 2.80 bits per heavy atom. The summed E-state index contributed by atoms with van der Waals surface area (Å²) < 4.78 is 16.1. The maximum absolute atomic E-state index is 12.8. The summed E-state index contributed by atoms with van der Waals surface area (Å²) in [5, 5.41) is 8.90. The van der Waals surface area contributed by atoms with Crippen molar-refractivity contribution in [3.8, 4) is 11.5 Å². The van der Waals surface area contributed by atoms with Gasteiger partial charge in [-0.1, -0.05) is 0 Å². The summed E-state index contributed by atoms with van der Waals surface area (Å²) in [6, 6.07) is 5.61. The largest absolute Gasteiger partial charge is 0.497 e. The normalized spacial score (nSPS) is 25.4. The van der Waals surface area contributed by atoms with Crippen molar-refractivity contribution in [3.05, 3.63) is 23.8 Å². The average molecular weight is 349 g/mol. The zero-order valence-corrected chi connectivity index (χ0v) is 14.4. The fourth-order valence-corrected chi connectivity index (χ4v) is 3.41. The molecule has 3 rings (SSSR count). The van der Waals surface area contributed by atoms with E-state index < -0.39 is 12.1 Å². The quantitative estimate of drug-likeness (QED) is 0.838. The predicted octanol–water partition coefficient (Wildman–Crippen LogP) is 1.51. The van der Waals surface area contributed by atoms with Crippen LogP contribution in [0.1, 0.15) is 24.3 Å². The molecule has 2 aliphatic rings. The molecule has 1 aromatic rings. The molecule has 7 heteroatoms. The van der Waals surface area contributed by atoms with E-state index in [4.69, 9.17) is 19.3 Å². The Bertz CT molecular complexity index is 661. The molecular weight excluding hydrogens is 326 g/mol. The molecule has 2 fully saturated rings. The maximum atomic E-state index is 12.8. The zero-order valence-electron chi connectivity index (χ0n) is 14.4. The molecular formula is C18H23NO6. The lowest BCUT2D eigenvalue weighted by molar-refractivity contribution is -0.148. The molecule has 1 aliphatic carbocycles. The van der Waals surface area contributed by atoms with Crippen molar-refractivity contribution in [1.29, 1.82) is 0 Å². The molecule has 0 aromatic heterocycles. The second-order valence-corrected chi connectivity index (χ2v) is 6.43. The summed E-state index contributed by atoms with van der Waals surface area (Å²) in [6.07, 6.45) is 0.254. The van der Waals surface area contributed by atoms with Crippen LogP contribution in [0.15, 0.2) is 18.2 Å². The first-order valence-electron chi connectivity index (χ1n) is 8.37. The van der Waals surface area contributed by atoms with Crippen molar-refractivity contribution in [2.45, 2.75) is 24.9 Å². The monoisotopic (exact) mass is 349 g/mol. The number of ether oxygens (including phenoxy) is 3. The first-order valence-corrected chi connectivity index (χ1v) is 8.37. The van der Waals surface area contributed by atoms with E-state index in [1.165, 1.54) is 0 Å². The summed E-state index contributed by atoms with van der Waals surface area (Å²) in [6.45, 7) is 1.22. The van der Waals surface area contributed by atoms with Gasteiger partial charge in [-0.15, -0.1) is 0 Å². The van der Waals surface area contributed by atoms with E-state index in [0.29, 0.717) is 19.7 Å². The van der Waals surface area contributed by atoms with Crippen molar-refractivity contribution < 1.29 is 28.9 Å². The van der Waals surface area contributed by atoms with Gasteiger partial charge in [-0.2, -0.15) is 0 Å². The molecule has 1 aliphatic heterocycles. The Kier molecular flexibility index (Phi) is 5.13. The van der Waals surface area contributed by atoms with Gasteiger partial charge in [-0.3, -0.25) is 9.59 Å². The molecule has 0 bridgehead atoms. The minimum absolute atomic E-state index is 0.0635. The highest BCUT2D eigenvalue weighted by molar-refractivity contribution is 5.83. The summed E-state index contributed by atoms with van der Waals surface area (Å²) in [7, 11) is 3.22. The topological polar surface area (TPSA) is 85.3 Å². The van der Waals surface area contributed by atoms with Gasteiger partial charge in [-0.25, -0.2) is 0 Å². The molecule has 0 radical (unpaired) electrons. The number of hydrogen-bond acceptors (Lipinski definition) is 5. The Labute approximate surface area is 146 Å². The van der Waals surface area contributed by atoms with Gasteiger partial charge in [0.1, 0.15) is 11.5 Å². The number of methoxy groups -OCH3 is 2.